The summed E-state index contributed by atoms with van der Waals surface area (Å²) in [4.78, 5) is 0. The summed E-state index contributed by atoms with van der Waals surface area (Å²) in [6.07, 6.45) is 0.829. The second-order valence-corrected chi connectivity index (χ2v) is 7.52. The summed E-state index contributed by atoms with van der Waals surface area (Å²) in [5.74, 6) is 0.923. The Labute approximate surface area is 149 Å². The van der Waals surface area contributed by atoms with Gasteiger partial charge in [-0.1, -0.05) is 54.6 Å². The third kappa shape index (κ3) is 3.55. The van der Waals surface area contributed by atoms with Crippen LogP contribution in [-0.2, 0) is 28.4 Å². The van der Waals surface area contributed by atoms with E-state index in [2.05, 4.69) is 42.5 Å². The van der Waals surface area contributed by atoms with Crippen molar-refractivity contribution in [1.29, 1.82) is 0 Å². The molecule has 25 heavy (non-hydrogen) atoms. The average molecular weight is 352 g/mol. The van der Waals surface area contributed by atoms with Gasteiger partial charge in [0, 0.05) is 11.5 Å². The zero-order chi connectivity index (χ0) is 17.1. The largest absolute Gasteiger partial charge is 0.488 e. The Balaban J connectivity index is 1.68. The van der Waals surface area contributed by atoms with E-state index in [1.165, 1.54) is 22.1 Å². The van der Waals surface area contributed by atoms with Crippen molar-refractivity contribution in [2.45, 2.75) is 26.3 Å². The second kappa shape index (κ2) is 7.53. The molecule has 1 heterocycles. The molecule has 1 atom stereocenters. The highest BCUT2D eigenvalue weighted by molar-refractivity contribution is 7.46. The first kappa shape index (κ1) is 16.5. The van der Waals surface area contributed by atoms with Crippen LogP contribution >= 0.6 is 8.38 Å². The van der Waals surface area contributed by atoms with Gasteiger partial charge in [-0.2, -0.15) is 0 Å². The van der Waals surface area contributed by atoms with E-state index in [0.29, 0.717) is 19.8 Å². The highest BCUT2D eigenvalue weighted by atomic mass is 31.2. The van der Waals surface area contributed by atoms with E-state index in [-0.39, 0.29) is 0 Å². The molecule has 3 nitrogen and oxygen atoms in total. The fraction of sp³-hybridized carbons (Fsp3) is 0.238. The Kier molecular flexibility index (Phi) is 4.98. The van der Waals surface area contributed by atoms with Gasteiger partial charge in [-0.15, -0.1) is 0 Å². The minimum absolute atomic E-state index is 0.571. The third-order valence-corrected chi connectivity index (χ3v) is 5.91. The van der Waals surface area contributed by atoms with Crippen molar-refractivity contribution in [3.05, 3.63) is 77.4 Å². The smallest absolute Gasteiger partial charge is 0.175 e. The van der Waals surface area contributed by atoms with Gasteiger partial charge < -0.3 is 13.8 Å². The molecule has 0 fully saturated rings. The molecule has 128 valence electrons. The highest BCUT2D eigenvalue weighted by Gasteiger charge is 2.21. The molecule has 0 N–H and O–H groups in total. The SMILES string of the molecule is CCOP1Cc2ccc(OCc3ccccc3)c3cccc(c23)CO1. The first-order valence-corrected chi connectivity index (χ1v) is 9.95. The number of hydrogen-bond acceptors (Lipinski definition) is 3. The lowest BCUT2D eigenvalue weighted by Crippen LogP contribution is -1.97. The Bertz CT molecular complexity index is 864. The van der Waals surface area contributed by atoms with Gasteiger partial charge in [0.25, 0.3) is 0 Å². The van der Waals surface area contributed by atoms with E-state index in [0.717, 1.165) is 17.3 Å². The minimum atomic E-state index is -0.865. The number of rotatable bonds is 5. The standard InChI is InChI=1S/C21H21O3P/c1-2-23-25-15-18-11-12-20(22-13-16-7-4-3-5-8-16)19-10-6-9-17(14-24-25)21(18)19/h3-12H,2,13-15H2,1H3. The maximum atomic E-state index is 6.13. The molecular weight excluding hydrogens is 331 g/mol. The van der Waals surface area contributed by atoms with E-state index >= 15 is 0 Å². The zero-order valence-electron chi connectivity index (χ0n) is 14.3. The molecule has 0 aromatic heterocycles. The van der Waals surface area contributed by atoms with E-state index in [1.54, 1.807) is 0 Å². The van der Waals surface area contributed by atoms with Crippen molar-refractivity contribution in [1.82, 2.24) is 0 Å². The molecule has 0 aliphatic carbocycles. The molecule has 1 unspecified atom stereocenters. The number of benzene rings is 3. The first-order chi connectivity index (χ1) is 12.3. The lowest BCUT2D eigenvalue weighted by atomic mass is 9.99. The summed E-state index contributed by atoms with van der Waals surface area (Å²) in [7, 11) is -0.865. The van der Waals surface area contributed by atoms with Crippen molar-refractivity contribution in [2.24, 2.45) is 0 Å². The highest BCUT2D eigenvalue weighted by Crippen LogP contribution is 2.48. The lowest BCUT2D eigenvalue weighted by Gasteiger charge is -2.14. The van der Waals surface area contributed by atoms with Gasteiger partial charge in [0.05, 0.1) is 13.2 Å². The Morgan fingerprint density at radius 2 is 1.84 bits per heavy atom. The van der Waals surface area contributed by atoms with Gasteiger partial charge in [0.2, 0.25) is 0 Å². The van der Waals surface area contributed by atoms with Crippen molar-refractivity contribution in [3.63, 3.8) is 0 Å². The van der Waals surface area contributed by atoms with Crippen molar-refractivity contribution < 1.29 is 13.8 Å². The molecule has 3 aromatic rings. The lowest BCUT2D eigenvalue weighted by molar-refractivity contribution is 0.252. The van der Waals surface area contributed by atoms with Gasteiger partial charge in [0.15, 0.2) is 8.38 Å². The Hall–Kier alpha value is -1.93. The van der Waals surface area contributed by atoms with Crippen LogP contribution in [-0.4, -0.2) is 6.61 Å². The van der Waals surface area contributed by atoms with Crippen molar-refractivity contribution >= 4 is 19.1 Å². The van der Waals surface area contributed by atoms with Gasteiger partial charge in [-0.25, -0.2) is 0 Å². The Morgan fingerprint density at radius 3 is 2.68 bits per heavy atom. The van der Waals surface area contributed by atoms with Crippen LogP contribution in [0.15, 0.2) is 60.7 Å². The molecule has 0 amide bonds. The van der Waals surface area contributed by atoms with Gasteiger partial charge in [-0.3, -0.25) is 0 Å². The van der Waals surface area contributed by atoms with Gasteiger partial charge in [-0.05, 0) is 35.1 Å². The zero-order valence-corrected chi connectivity index (χ0v) is 15.2. The molecule has 3 aromatic carbocycles. The molecule has 0 radical (unpaired) electrons. The van der Waals surface area contributed by atoms with Crippen LogP contribution in [0.3, 0.4) is 0 Å². The summed E-state index contributed by atoms with van der Waals surface area (Å²) in [5, 5.41) is 2.42. The van der Waals surface area contributed by atoms with Crippen molar-refractivity contribution in [2.75, 3.05) is 6.61 Å². The minimum Gasteiger partial charge on any atom is -0.488 e. The molecular formula is C21H21O3P. The van der Waals surface area contributed by atoms with Crippen LogP contribution < -0.4 is 4.74 Å². The van der Waals surface area contributed by atoms with Crippen LogP contribution in [0.2, 0.25) is 0 Å². The summed E-state index contributed by atoms with van der Waals surface area (Å²) in [6, 6.07) is 20.8. The van der Waals surface area contributed by atoms with Gasteiger partial charge in [0.1, 0.15) is 12.4 Å². The van der Waals surface area contributed by atoms with Crippen LogP contribution in [0.1, 0.15) is 23.6 Å². The van der Waals surface area contributed by atoms with Gasteiger partial charge >= 0.3 is 0 Å². The fourth-order valence-corrected chi connectivity index (χ4v) is 4.57. The van der Waals surface area contributed by atoms with Crippen LogP contribution in [0.25, 0.3) is 10.8 Å². The summed E-state index contributed by atoms with van der Waals surface area (Å²) < 4.78 is 17.9. The summed E-state index contributed by atoms with van der Waals surface area (Å²) in [5.41, 5.74) is 3.67. The maximum Gasteiger partial charge on any atom is 0.175 e. The molecule has 0 spiro atoms. The monoisotopic (exact) mass is 352 g/mol. The quantitative estimate of drug-likeness (QED) is 0.543. The Morgan fingerprint density at radius 1 is 0.960 bits per heavy atom. The summed E-state index contributed by atoms with van der Waals surface area (Å²) >= 11 is 0. The van der Waals surface area contributed by atoms with E-state index in [4.69, 9.17) is 13.8 Å². The molecule has 4 rings (SSSR count). The summed E-state index contributed by atoms with van der Waals surface area (Å²) in [6.45, 7) is 3.86. The second-order valence-electron chi connectivity index (χ2n) is 6.02. The predicted molar refractivity (Wildman–Crippen MR) is 102 cm³/mol. The normalized spacial score (nSPS) is 16.6. The van der Waals surface area contributed by atoms with Crippen molar-refractivity contribution in [3.8, 4) is 5.75 Å². The average Bonchev–Trinajstić information content (AvgIpc) is 2.83. The number of hydrogen-bond donors (Lipinski definition) is 0. The maximum absolute atomic E-state index is 6.13. The number of ether oxygens (including phenoxy) is 1. The van der Waals surface area contributed by atoms with Crippen LogP contribution in [0.4, 0.5) is 0 Å². The molecule has 0 bridgehead atoms. The van der Waals surface area contributed by atoms with Crippen LogP contribution in [0.5, 0.6) is 5.75 Å². The van der Waals surface area contributed by atoms with E-state index < -0.39 is 8.38 Å². The van der Waals surface area contributed by atoms with Crippen LogP contribution in [0, 0.1) is 0 Å². The van der Waals surface area contributed by atoms with E-state index in [9.17, 15) is 0 Å². The van der Waals surface area contributed by atoms with E-state index in [1.807, 2.05) is 25.1 Å². The molecule has 0 saturated carbocycles. The molecule has 4 heteroatoms. The third-order valence-electron chi connectivity index (χ3n) is 4.35. The fourth-order valence-electron chi connectivity index (χ4n) is 3.20. The topological polar surface area (TPSA) is 27.7 Å². The first-order valence-electron chi connectivity index (χ1n) is 8.58. The molecule has 0 saturated heterocycles. The predicted octanol–water partition coefficient (Wildman–Crippen LogP) is 5.80. The molecule has 1 aliphatic heterocycles. The molecule has 1 aliphatic rings.